The molecule has 0 aliphatic heterocycles. The summed E-state index contributed by atoms with van der Waals surface area (Å²) in [6.07, 6.45) is 4.40. The van der Waals surface area contributed by atoms with Gasteiger partial charge < -0.3 is 10.1 Å². The Labute approximate surface area is 133 Å². The number of nitrogens with zero attached hydrogens (tertiary/aromatic N) is 2. The smallest absolute Gasteiger partial charge is 0.223 e. The van der Waals surface area contributed by atoms with Crippen molar-refractivity contribution in [2.45, 2.75) is 59.5 Å². The summed E-state index contributed by atoms with van der Waals surface area (Å²) in [7, 11) is 1.69. The fourth-order valence-electron chi connectivity index (χ4n) is 3.23. The van der Waals surface area contributed by atoms with Gasteiger partial charge in [0.25, 0.3) is 0 Å². The van der Waals surface area contributed by atoms with Gasteiger partial charge >= 0.3 is 0 Å². The number of methoxy groups -OCH3 is 1. The third kappa shape index (κ3) is 4.09. The van der Waals surface area contributed by atoms with Crippen LogP contribution in [-0.4, -0.2) is 29.4 Å². The molecule has 0 unspecified atom stereocenters. The molecule has 1 heterocycles. The van der Waals surface area contributed by atoms with Crippen molar-refractivity contribution < 1.29 is 9.53 Å². The first-order valence-corrected chi connectivity index (χ1v) is 8.32. The van der Waals surface area contributed by atoms with Gasteiger partial charge in [0.05, 0.1) is 18.8 Å². The maximum absolute atomic E-state index is 12.3. The van der Waals surface area contributed by atoms with E-state index in [0.717, 1.165) is 42.3 Å². The number of ether oxygens (including phenoxy) is 1. The van der Waals surface area contributed by atoms with Crippen molar-refractivity contribution in [1.29, 1.82) is 0 Å². The Morgan fingerprint density at radius 1 is 1.32 bits per heavy atom. The lowest BCUT2D eigenvalue weighted by molar-refractivity contribution is -0.126. The number of rotatable bonds is 6. The largest absolute Gasteiger partial charge is 0.383 e. The summed E-state index contributed by atoms with van der Waals surface area (Å²) in [5.41, 5.74) is 3.24. The second kappa shape index (κ2) is 7.77. The summed E-state index contributed by atoms with van der Waals surface area (Å²) in [5, 5.41) is 7.64. The molecule has 0 spiro atoms. The van der Waals surface area contributed by atoms with Crippen molar-refractivity contribution in [3.63, 3.8) is 0 Å². The second-order valence-electron chi connectivity index (χ2n) is 6.54. The van der Waals surface area contributed by atoms with Gasteiger partial charge in [-0.15, -0.1) is 0 Å². The highest BCUT2D eigenvalue weighted by atomic mass is 16.5. The Hall–Kier alpha value is -1.36. The van der Waals surface area contributed by atoms with E-state index >= 15 is 0 Å². The van der Waals surface area contributed by atoms with E-state index in [1.807, 2.05) is 11.6 Å². The number of hydrogen-bond acceptors (Lipinski definition) is 3. The minimum Gasteiger partial charge on any atom is -0.383 e. The molecule has 1 aromatic rings. The molecule has 1 aliphatic rings. The van der Waals surface area contributed by atoms with Crippen LogP contribution in [0.25, 0.3) is 0 Å². The van der Waals surface area contributed by atoms with Crippen LogP contribution < -0.4 is 5.32 Å². The van der Waals surface area contributed by atoms with E-state index in [1.54, 1.807) is 7.11 Å². The van der Waals surface area contributed by atoms with E-state index in [2.05, 4.69) is 24.3 Å². The summed E-state index contributed by atoms with van der Waals surface area (Å²) in [6, 6.07) is 0. The molecule has 1 saturated carbocycles. The Morgan fingerprint density at radius 2 is 2.00 bits per heavy atom. The number of aromatic nitrogens is 2. The Bertz CT molecular complexity index is 502. The van der Waals surface area contributed by atoms with E-state index in [0.29, 0.717) is 13.2 Å². The zero-order chi connectivity index (χ0) is 16.1. The van der Waals surface area contributed by atoms with Crippen LogP contribution in [0.1, 0.15) is 49.6 Å². The van der Waals surface area contributed by atoms with Gasteiger partial charge in [0.1, 0.15) is 0 Å². The molecule has 22 heavy (non-hydrogen) atoms. The van der Waals surface area contributed by atoms with Crippen LogP contribution in [0, 0.1) is 25.7 Å². The van der Waals surface area contributed by atoms with Gasteiger partial charge in [-0.3, -0.25) is 9.48 Å². The fraction of sp³-hybridized carbons (Fsp3) is 0.765. The number of nitrogens with one attached hydrogen (secondary N) is 1. The zero-order valence-electron chi connectivity index (χ0n) is 14.3. The highest BCUT2D eigenvalue weighted by molar-refractivity contribution is 5.78. The Balaban J connectivity index is 1.91. The van der Waals surface area contributed by atoms with Crippen molar-refractivity contribution in [3.05, 3.63) is 17.0 Å². The first kappa shape index (κ1) is 17.0. The lowest BCUT2D eigenvalue weighted by Gasteiger charge is -2.25. The predicted octanol–water partition coefficient (Wildman–Crippen LogP) is 2.59. The summed E-state index contributed by atoms with van der Waals surface area (Å²) < 4.78 is 7.07. The monoisotopic (exact) mass is 307 g/mol. The molecule has 1 aliphatic carbocycles. The standard InChI is InChI=1S/C17H29N3O2/c1-12-5-7-15(8-6-12)17(21)18-11-16-13(2)19-20(14(16)3)9-10-22-4/h12,15H,5-11H2,1-4H3,(H,18,21). The maximum atomic E-state index is 12.3. The van der Waals surface area contributed by atoms with Crippen LogP contribution in [0.5, 0.6) is 0 Å². The van der Waals surface area contributed by atoms with Crippen LogP contribution in [0.4, 0.5) is 0 Å². The first-order chi connectivity index (χ1) is 10.5. The van der Waals surface area contributed by atoms with Gasteiger partial charge in [-0.05, 0) is 45.4 Å². The average Bonchev–Trinajstić information content (AvgIpc) is 2.77. The molecule has 124 valence electrons. The van der Waals surface area contributed by atoms with Gasteiger partial charge in [0.15, 0.2) is 0 Å². The molecule has 1 aromatic heterocycles. The Morgan fingerprint density at radius 3 is 2.64 bits per heavy atom. The lowest BCUT2D eigenvalue weighted by atomic mass is 9.82. The molecule has 0 aromatic carbocycles. The lowest BCUT2D eigenvalue weighted by Crippen LogP contribution is -2.32. The minimum absolute atomic E-state index is 0.195. The van der Waals surface area contributed by atoms with Gasteiger partial charge in [-0.25, -0.2) is 0 Å². The summed E-state index contributed by atoms with van der Waals surface area (Å²) >= 11 is 0. The van der Waals surface area contributed by atoms with Crippen LogP contribution in [0.2, 0.25) is 0 Å². The molecular formula is C17H29N3O2. The molecule has 5 nitrogen and oxygen atoms in total. The molecule has 0 saturated heterocycles. The van der Waals surface area contributed by atoms with Gasteiger partial charge in [0, 0.05) is 30.8 Å². The molecule has 2 rings (SSSR count). The highest BCUT2D eigenvalue weighted by Gasteiger charge is 2.24. The van der Waals surface area contributed by atoms with E-state index in [1.165, 1.54) is 12.8 Å². The Kier molecular flexibility index (Phi) is 6.00. The number of amides is 1. The topological polar surface area (TPSA) is 56.1 Å². The van der Waals surface area contributed by atoms with E-state index < -0.39 is 0 Å². The molecule has 1 N–H and O–H groups in total. The molecule has 0 atom stereocenters. The molecule has 1 fully saturated rings. The van der Waals surface area contributed by atoms with E-state index in [9.17, 15) is 4.79 Å². The van der Waals surface area contributed by atoms with Crippen LogP contribution >= 0.6 is 0 Å². The predicted molar refractivity (Wildman–Crippen MR) is 86.5 cm³/mol. The number of aryl methyl sites for hydroxylation is 1. The minimum atomic E-state index is 0.195. The number of carbonyl (C=O) groups is 1. The SMILES string of the molecule is COCCn1nc(C)c(CNC(=O)C2CCC(C)CC2)c1C. The van der Waals surface area contributed by atoms with Crippen LogP contribution in [0.3, 0.4) is 0 Å². The van der Waals surface area contributed by atoms with Crippen molar-refractivity contribution >= 4 is 5.91 Å². The number of carbonyl (C=O) groups excluding carboxylic acids is 1. The molecule has 0 bridgehead atoms. The molecule has 1 amide bonds. The molecule has 5 heteroatoms. The van der Waals surface area contributed by atoms with Gasteiger partial charge in [0.2, 0.25) is 5.91 Å². The normalized spacial score (nSPS) is 21.8. The average molecular weight is 307 g/mol. The van der Waals surface area contributed by atoms with Crippen LogP contribution in [0.15, 0.2) is 0 Å². The highest BCUT2D eigenvalue weighted by Crippen LogP contribution is 2.28. The summed E-state index contributed by atoms with van der Waals surface area (Å²) in [6.45, 7) is 8.30. The summed E-state index contributed by atoms with van der Waals surface area (Å²) in [4.78, 5) is 12.3. The molecular weight excluding hydrogens is 278 g/mol. The van der Waals surface area contributed by atoms with Crippen molar-refractivity contribution in [2.24, 2.45) is 11.8 Å². The van der Waals surface area contributed by atoms with E-state index in [-0.39, 0.29) is 11.8 Å². The van der Waals surface area contributed by atoms with Crippen molar-refractivity contribution in [1.82, 2.24) is 15.1 Å². The van der Waals surface area contributed by atoms with Crippen molar-refractivity contribution in [3.8, 4) is 0 Å². The zero-order valence-corrected chi connectivity index (χ0v) is 14.3. The van der Waals surface area contributed by atoms with Gasteiger partial charge in [-0.2, -0.15) is 5.10 Å². The fourth-order valence-corrected chi connectivity index (χ4v) is 3.23. The number of hydrogen-bond donors (Lipinski definition) is 1. The maximum Gasteiger partial charge on any atom is 0.223 e. The van der Waals surface area contributed by atoms with E-state index in [4.69, 9.17) is 4.74 Å². The molecule has 0 radical (unpaired) electrons. The quantitative estimate of drug-likeness (QED) is 0.879. The van der Waals surface area contributed by atoms with Gasteiger partial charge in [-0.1, -0.05) is 6.92 Å². The third-order valence-electron chi connectivity index (χ3n) is 4.86. The van der Waals surface area contributed by atoms with Crippen molar-refractivity contribution in [2.75, 3.05) is 13.7 Å². The van der Waals surface area contributed by atoms with Crippen LogP contribution in [-0.2, 0) is 22.6 Å². The summed E-state index contributed by atoms with van der Waals surface area (Å²) in [5.74, 6) is 1.17. The first-order valence-electron chi connectivity index (χ1n) is 8.32. The second-order valence-corrected chi connectivity index (χ2v) is 6.54. The third-order valence-corrected chi connectivity index (χ3v) is 4.86.